The van der Waals surface area contributed by atoms with E-state index in [1.54, 1.807) is 0 Å². The van der Waals surface area contributed by atoms with Gasteiger partial charge in [0.25, 0.3) is 0 Å². The highest BCUT2D eigenvalue weighted by molar-refractivity contribution is 5.88. The first kappa shape index (κ1) is 21.4. The minimum atomic E-state index is -2.12. The molecule has 5 fully saturated rings. The maximum atomic E-state index is 13.0. The number of ether oxygens (including phenoxy) is 1. The summed E-state index contributed by atoms with van der Waals surface area (Å²) in [5.41, 5.74) is -0.653. The highest BCUT2D eigenvalue weighted by Gasteiger charge is 2.51. The van der Waals surface area contributed by atoms with Crippen LogP contribution in [0.25, 0.3) is 0 Å². The molecule has 4 aliphatic carbocycles. The Balaban J connectivity index is 1.37. The number of aldehydes is 1. The van der Waals surface area contributed by atoms with Gasteiger partial charge in [-0.3, -0.25) is 9.59 Å². The van der Waals surface area contributed by atoms with Crippen molar-refractivity contribution in [3.8, 4) is 0 Å². The molecular weight excluding hydrogens is 422 g/mol. The van der Waals surface area contributed by atoms with Crippen LogP contribution in [0.1, 0.15) is 74.4 Å². The van der Waals surface area contributed by atoms with Gasteiger partial charge in [-0.2, -0.15) is 0 Å². The molecule has 1 saturated heterocycles. The highest BCUT2D eigenvalue weighted by atomic mass is 16.5. The molecular formula is C25H39N3O5. The molecule has 8 nitrogen and oxygen atoms in total. The Bertz CT molecular complexity index is 814. The second kappa shape index (κ2) is 10.0. The predicted molar refractivity (Wildman–Crippen MR) is 122 cm³/mol. The Morgan fingerprint density at radius 3 is 2.33 bits per heavy atom. The summed E-state index contributed by atoms with van der Waals surface area (Å²) >= 11 is 0. The van der Waals surface area contributed by atoms with Crippen molar-refractivity contribution in [2.24, 2.45) is 35.0 Å². The van der Waals surface area contributed by atoms with Crippen molar-refractivity contribution in [1.82, 2.24) is 16.0 Å². The first-order chi connectivity index (χ1) is 16.5. The zero-order valence-electron chi connectivity index (χ0n) is 21.7. The lowest BCUT2D eigenvalue weighted by atomic mass is 9.50. The molecule has 1 aliphatic heterocycles. The van der Waals surface area contributed by atoms with E-state index in [0.29, 0.717) is 43.4 Å². The Kier molecular flexibility index (Phi) is 6.50. The van der Waals surface area contributed by atoms with Crippen LogP contribution in [0.2, 0.25) is 0 Å². The van der Waals surface area contributed by atoms with E-state index in [2.05, 4.69) is 16.0 Å². The van der Waals surface area contributed by atoms with Crippen LogP contribution < -0.4 is 16.0 Å². The molecule has 8 heteroatoms. The van der Waals surface area contributed by atoms with Crippen LogP contribution >= 0.6 is 0 Å². The number of amides is 3. The lowest BCUT2D eigenvalue weighted by Gasteiger charge is -2.56. The molecule has 184 valence electrons. The molecule has 0 aromatic heterocycles. The van der Waals surface area contributed by atoms with Gasteiger partial charge in [0, 0.05) is 17.9 Å². The number of rotatable bonds is 10. The van der Waals surface area contributed by atoms with Gasteiger partial charge < -0.3 is 25.5 Å². The fourth-order valence-electron chi connectivity index (χ4n) is 6.87. The van der Waals surface area contributed by atoms with Crippen molar-refractivity contribution in [2.75, 3.05) is 13.1 Å². The van der Waals surface area contributed by atoms with E-state index in [1.165, 1.54) is 0 Å². The Labute approximate surface area is 199 Å². The molecule has 1 heterocycles. The van der Waals surface area contributed by atoms with E-state index in [-0.39, 0.29) is 24.2 Å². The minimum absolute atomic E-state index is 0.0567. The number of nitrogens with one attached hydrogen (secondary N) is 3. The van der Waals surface area contributed by atoms with Crippen LogP contribution in [0.3, 0.4) is 0 Å². The average molecular weight is 464 g/mol. The average Bonchev–Trinajstić information content (AvgIpc) is 3.15. The maximum Gasteiger partial charge on any atom is 0.407 e. The smallest absolute Gasteiger partial charge is 0.407 e. The number of carbonyl (C=O) groups excluding carboxylic acids is 4. The van der Waals surface area contributed by atoms with Crippen LogP contribution in [0, 0.1) is 35.0 Å². The fraction of sp³-hybridized carbons (Fsp3) is 0.840. The van der Waals surface area contributed by atoms with Crippen molar-refractivity contribution in [3.63, 3.8) is 0 Å². The quantitative estimate of drug-likeness (QED) is 0.431. The standard InChI is InChI=1S/C25H39N3O5/c1-15(2)5-21(23(31)27-20(13-29)9-19-3-4-26-22(19)30)28-24(32)33-14-25-10-16-6-17(11-25)8-18(7-16)12-25/h13,15-21H,3-12,14H2,1-2H3,(H,26,30)(H,27,31)(H,28,32)/t16?,17?,18?,19-,20+,21+,25?/m1/s1/i14D2. The molecule has 3 N–H and O–H groups in total. The van der Waals surface area contributed by atoms with Gasteiger partial charge in [0.15, 0.2) is 0 Å². The number of hydrogen-bond donors (Lipinski definition) is 3. The summed E-state index contributed by atoms with van der Waals surface area (Å²) in [5.74, 6) is 0.569. The summed E-state index contributed by atoms with van der Waals surface area (Å²) in [6.07, 6.45) is 6.45. The largest absolute Gasteiger partial charge is 0.449 e. The third kappa shape index (κ3) is 5.87. The molecule has 3 amide bonds. The number of carbonyl (C=O) groups is 4. The van der Waals surface area contributed by atoms with E-state index < -0.39 is 36.1 Å². The van der Waals surface area contributed by atoms with Crippen LogP contribution in [0.5, 0.6) is 0 Å². The highest BCUT2D eigenvalue weighted by Crippen LogP contribution is 2.60. The molecule has 5 aliphatic rings. The van der Waals surface area contributed by atoms with Gasteiger partial charge in [0.05, 0.1) is 15.3 Å². The van der Waals surface area contributed by atoms with Crippen molar-refractivity contribution in [1.29, 1.82) is 0 Å². The normalized spacial score (nSPS) is 35.3. The van der Waals surface area contributed by atoms with Gasteiger partial charge in [0.1, 0.15) is 12.3 Å². The summed E-state index contributed by atoms with van der Waals surface area (Å²) < 4.78 is 22.8. The summed E-state index contributed by atoms with van der Waals surface area (Å²) in [7, 11) is 0. The van der Waals surface area contributed by atoms with Gasteiger partial charge in [0.2, 0.25) is 11.8 Å². The molecule has 0 spiro atoms. The van der Waals surface area contributed by atoms with Crippen molar-refractivity contribution in [2.45, 2.75) is 83.7 Å². The van der Waals surface area contributed by atoms with Crippen molar-refractivity contribution in [3.05, 3.63) is 0 Å². The van der Waals surface area contributed by atoms with Crippen LogP contribution in [0.15, 0.2) is 0 Å². The van der Waals surface area contributed by atoms with Crippen LogP contribution in [-0.4, -0.2) is 49.4 Å². The zero-order chi connectivity index (χ0) is 25.4. The summed E-state index contributed by atoms with van der Waals surface area (Å²) in [4.78, 5) is 49.3. The van der Waals surface area contributed by atoms with Crippen molar-refractivity contribution >= 4 is 24.2 Å². The molecule has 4 saturated carbocycles. The minimum Gasteiger partial charge on any atom is -0.449 e. The summed E-state index contributed by atoms with van der Waals surface area (Å²) in [6.45, 7) is 2.25. The topological polar surface area (TPSA) is 114 Å². The van der Waals surface area contributed by atoms with Gasteiger partial charge in [-0.05, 0) is 81.5 Å². The van der Waals surface area contributed by atoms with Gasteiger partial charge in [-0.25, -0.2) is 4.79 Å². The van der Waals surface area contributed by atoms with Gasteiger partial charge in [-0.1, -0.05) is 13.8 Å². The second-order valence-electron chi connectivity index (χ2n) is 11.3. The van der Waals surface area contributed by atoms with E-state index in [4.69, 9.17) is 7.48 Å². The maximum absolute atomic E-state index is 13.0. The Morgan fingerprint density at radius 1 is 1.18 bits per heavy atom. The Morgan fingerprint density at radius 2 is 1.82 bits per heavy atom. The van der Waals surface area contributed by atoms with E-state index in [0.717, 1.165) is 38.5 Å². The monoisotopic (exact) mass is 463 g/mol. The third-order valence-corrected chi connectivity index (χ3v) is 7.91. The SMILES string of the molecule is [2H]C([2H])(OC(=O)N[C@@H](CC(C)C)C(=O)N[C@H](C=O)C[C@H]1CCNC1=O)C12CC3CC(CC(C3)C1)C2. The van der Waals surface area contributed by atoms with E-state index >= 15 is 0 Å². The molecule has 0 aromatic rings. The molecule has 0 unspecified atom stereocenters. The van der Waals surface area contributed by atoms with Crippen LogP contribution in [-0.2, 0) is 19.1 Å². The summed E-state index contributed by atoms with van der Waals surface area (Å²) in [6, 6.07) is -1.82. The molecule has 4 bridgehead atoms. The van der Waals surface area contributed by atoms with Gasteiger partial charge in [-0.15, -0.1) is 0 Å². The fourth-order valence-corrected chi connectivity index (χ4v) is 6.87. The Hall–Kier alpha value is -2.12. The first-order valence-electron chi connectivity index (χ1n) is 13.5. The number of hydrogen-bond acceptors (Lipinski definition) is 5. The predicted octanol–water partition coefficient (Wildman–Crippen LogP) is 2.55. The summed E-state index contributed by atoms with van der Waals surface area (Å²) in [5, 5.41) is 7.92. The van der Waals surface area contributed by atoms with Crippen molar-refractivity contribution < 1.29 is 26.7 Å². The third-order valence-electron chi connectivity index (χ3n) is 7.91. The first-order valence-corrected chi connectivity index (χ1v) is 12.5. The van der Waals surface area contributed by atoms with E-state index in [1.807, 2.05) is 13.8 Å². The van der Waals surface area contributed by atoms with Crippen LogP contribution in [0.4, 0.5) is 4.79 Å². The van der Waals surface area contributed by atoms with E-state index in [9.17, 15) is 19.2 Å². The molecule has 3 atom stereocenters. The molecule has 33 heavy (non-hydrogen) atoms. The zero-order valence-corrected chi connectivity index (χ0v) is 19.7. The number of alkyl carbamates (subject to hydrolysis) is 1. The molecule has 5 rings (SSSR count). The second-order valence-corrected chi connectivity index (χ2v) is 11.3. The molecule has 0 aromatic carbocycles. The molecule has 0 radical (unpaired) electrons. The lowest BCUT2D eigenvalue weighted by Crippen LogP contribution is -2.52. The lowest BCUT2D eigenvalue weighted by molar-refractivity contribution is -0.127. The van der Waals surface area contributed by atoms with Gasteiger partial charge >= 0.3 is 6.09 Å².